The molecular weight excluding hydrogens is 555 g/mol. The number of hydrogen-bond donors (Lipinski definition) is 3. The maximum absolute atomic E-state index is 13.3. The second kappa shape index (κ2) is 10.7. The molecule has 206 valence electrons. The number of piperazine rings is 1. The van der Waals surface area contributed by atoms with Gasteiger partial charge in [0.25, 0.3) is 5.91 Å². The number of hydrogen-bond acceptors (Lipinski definition) is 5. The van der Waals surface area contributed by atoms with E-state index in [1.807, 2.05) is 13.0 Å². The molecule has 10 heteroatoms. The van der Waals surface area contributed by atoms with Crippen LogP contribution < -0.4 is 10.6 Å². The quantitative estimate of drug-likeness (QED) is 0.327. The van der Waals surface area contributed by atoms with E-state index in [1.165, 1.54) is 11.6 Å². The number of carbonyl (C=O) groups excluding carboxylic acids is 1. The van der Waals surface area contributed by atoms with Crippen molar-refractivity contribution in [2.45, 2.75) is 57.0 Å². The zero-order valence-electron chi connectivity index (χ0n) is 22.4. The Bertz CT molecular complexity index is 1570. The number of carbonyl (C=O) groups is 1. The van der Waals surface area contributed by atoms with Gasteiger partial charge >= 0.3 is 0 Å². The number of aromatic amines is 1. The molecule has 0 bridgehead atoms. The minimum atomic E-state index is -3.78. The van der Waals surface area contributed by atoms with Crippen LogP contribution in [0.3, 0.4) is 0 Å². The van der Waals surface area contributed by atoms with Gasteiger partial charge < -0.3 is 15.6 Å². The van der Waals surface area contributed by atoms with Crippen LogP contribution in [0.4, 0.5) is 5.69 Å². The van der Waals surface area contributed by atoms with Gasteiger partial charge in [-0.1, -0.05) is 29.3 Å². The second-order valence-corrected chi connectivity index (χ2v) is 13.4. The first-order chi connectivity index (χ1) is 18.4. The van der Waals surface area contributed by atoms with E-state index in [4.69, 9.17) is 23.2 Å². The Morgan fingerprint density at radius 2 is 1.69 bits per heavy atom. The molecule has 5 rings (SSSR count). The van der Waals surface area contributed by atoms with E-state index < -0.39 is 9.84 Å². The maximum Gasteiger partial charge on any atom is 0.256 e. The van der Waals surface area contributed by atoms with E-state index >= 15 is 0 Å². The molecule has 1 fully saturated rings. The number of aryl methyl sites for hydroxylation is 1. The van der Waals surface area contributed by atoms with Crippen molar-refractivity contribution in [3.63, 3.8) is 0 Å². The van der Waals surface area contributed by atoms with Crippen LogP contribution in [0.5, 0.6) is 0 Å². The van der Waals surface area contributed by atoms with E-state index in [2.05, 4.69) is 41.3 Å². The third kappa shape index (κ3) is 5.67. The number of aromatic nitrogens is 1. The molecule has 2 aliphatic heterocycles. The maximum atomic E-state index is 13.3. The Morgan fingerprint density at radius 1 is 1.03 bits per heavy atom. The summed E-state index contributed by atoms with van der Waals surface area (Å²) in [5.74, 6) is -0.613. The van der Waals surface area contributed by atoms with Crippen molar-refractivity contribution in [2.75, 3.05) is 18.4 Å². The first-order valence-electron chi connectivity index (χ1n) is 12.9. The summed E-state index contributed by atoms with van der Waals surface area (Å²) in [6, 6.07) is 10.4. The summed E-state index contributed by atoms with van der Waals surface area (Å²) in [5, 5.41) is 7.01. The summed E-state index contributed by atoms with van der Waals surface area (Å²) in [4.78, 5) is 19.0. The normalized spacial score (nSPS) is 20.9. The van der Waals surface area contributed by atoms with Crippen LogP contribution in [0.25, 0.3) is 11.6 Å². The summed E-state index contributed by atoms with van der Waals surface area (Å²) in [6.45, 7) is 11.3. The van der Waals surface area contributed by atoms with Crippen molar-refractivity contribution in [3.8, 4) is 0 Å². The smallest absolute Gasteiger partial charge is 0.256 e. The Kier molecular flexibility index (Phi) is 7.70. The molecule has 0 spiro atoms. The minimum Gasteiger partial charge on any atom is -0.359 e. The fraction of sp³-hybridized carbons (Fsp3) is 0.345. The summed E-state index contributed by atoms with van der Waals surface area (Å²) >= 11 is 12.5. The van der Waals surface area contributed by atoms with E-state index in [-0.39, 0.29) is 16.6 Å². The Morgan fingerprint density at radius 3 is 2.36 bits per heavy atom. The van der Waals surface area contributed by atoms with Gasteiger partial charge in [0.2, 0.25) is 0 Å². The van der Waals surface area contributed by atoms with Crippen LogP contribution in [0.2, 0.25) is 10.0 Å². The van der Waals surface area contributed by atoms with E-state index in [0.717, 1.165) is 36.6 Å². The second-order valence-electron chi connectivity index (χ2n) is 10.6. The fourth-order valence-corrected chi connectivity index (χ4v) is 7.70. The molecule has 1 saturated heterocycles. The highest BCUT2D eigenvalue weighted by Gasteiger charge is 2.29. The number of rotatable bonds is 6. The average molecular weight is 588 g/mol. The lowest BCUT2D eigenvalue weighted by Gasteiger charge is -2.36. The van der Waals surface area contributed by atoms with Gasteiger partial charge in [-0.15, -0.1) is 0 Å². The zero-order chi connectivity index (χ0) is 28.1. The molecule has 0 aliphatic carbocycles. The van der Waals surface area contributed by atoms with Crippen molar-refractivity contribution in [3.05, 3.63) is 80.1 Å². The standard InChI is InChI=1S/C29H32Cl2N4O3S/c1-16-12-35(13-17(2)32-16)14-23-18(3)28(33-19(23)4)11-22-21-10-20(8-9-27(21)34-29(22)36)39(37,38)15-24-25(30)6-5-7-26(24)31/h5-11,16-17,32-33H,12-15H2,1-4H3,(H,34,36)/t16-,17+. The number of halogens is 2. The number of sulfone groups is 1. The third-order valence-electron chi connectivity index (χ3n) is 7.46. The largest absolute Gasteiger partial charge is 0.359 e. The summed E-state index contributed by atoms with van der Waals surface area (Å²) < 4.78 is 26.7. The number of H-pyrrole nitrogens is 1. The number of fused-ring (bicyclic) bond motifs is 1. The molecule has 2 atom stereocenters. The molecule has 7 nitrogen and oxygen atoms in total. The van der Waals surface area contributed by atoms with E-state index in [9.17, 15) is 13.2 Å². The SMILES string of the molecule is Cc1[nH]c(C=C2C(=O)Nc3ccc(S(=O)(=O)Cc4c(Cl)cccc4Cl)cc32)c(C)c1CN1C[C@@H](C)N[C@@H](C)C1. The molecule has 1 aromatic heterocycles. The van der Waals surface area contributed by atoms with Gasteiger partial charge in [-0.3, -0.25) is 9.69 Å². The lowest BCUT2D eigenvalue weighted by Crippen LogP contribution is -2.53. The van der Waals surface area contributed by atoms with E-state index in [1.54, 1.807) is 30.3 Å². The van der Waals surface area contributed by atoms with Crippen LogP contribution >= 0.6 is 23.2 Å². The van der Waals surface area contributed by atoms with Crippen LogP contribution in [-0.2, 0) is 26.9 Å². The number of amides is 1. The van der Waals surface area contributed by atoms with Crippen LogP contribution in [-0.4, -0.2) is 49.4 Å². The minimum absolute atomic E-state index is 0.0988. The van der Waals surface area contributed by atoms with E-state index in [0.29, 0.717) is 44.5 Å². The van der Waals surface area contributed by atoms with Crippen molar-refractivity contribution < 1.29 is 13.2 Å². The molecule has 3 N–H and O–H groups in total. The average Bonchev–Trinajstić information content (AvgIpc) is 3.31. The highest BCUT2D eigenvalue weighted by atomic mass is 35.5. The Hall–Kier alpha value is -2.62. The lowest BCUT2D eigenvalue weighted by atomic mass is 10.0. The number of anilines is 1. The number of nitrogens with one attached hydrogen (secondary N) is 3. The molecule has 39 heavy (non-hydrogen) atoms. The number of nitrogens with zero attached hydrogens (tertiary/aromatic N) is 1. The van der Waals surface area contributed by atoms with Crippen LogP contribution in [0, 0.1) is 13.8 Å². The van der Waals surface area contributed by atoms with Crippen LogP contribution in [0.1, 0.15) is 47.5 Å². The topological polar surface area (TPSA) is 94.3 Å². The predicted molar refractivity (Wildman–Crippen MR) is 158 cm³/mol. The molecule has 2 aromatic carbocycles. The molecule has 0 radical (unpaired) electrons. The molecule has 1 amide bonds. The molecule has 0 unspecified atom stereocenters. The first kappa shape index (κ1) is 27.9. The molecule has 2 aliphatic rings. The first-order valence-corrected chi connectivity index (χ1v) is 15.3. The van der Waals surface area contributed by atoms with Crippen LogP contribution in [0.15, 0.2) is 41.3 Å². The van der Waals surface area contributed by atoms with Crippen molar-refractivity contribution in [1.82, 2.24) is 15.2 Å². The summed E-state index contributed by atoms with van der Waals surface area (Å²) in [5.41, 5.74) is 6.09. The van der Waals surface area contributed by atoms with Gasteiger partial charge in [0.05, 0.1) is 16.2 Å². The van der Waals surface area contributed by atoms with Gasteiger partial charge in [0.15, 0.2) is 9.84 Å². The zero-order valence-corrected chi connectivity index (χ0v) is 24.7. The molecule has 0 saturated carbocycles. The van der Waals surface area contributed by atoms with Gasteiger partial charge in [-0.2, -0.15) is 0 Å². The van der Waals surface area contributed by atoms with Gasteiger partial charge in [-0.25, -0.2) is 8.42 Å². The Balaban J connectivity index is 1.46. The fourth-order valence-electron chi connectivity index (χ4n) is 5.58. The van der Waals surface area contributed by atoms with Gasteiger partial charge in [0, 0.05) is 70.0 Å². The molecular formula is C29H32Cl2N4O3S. The predicted octanol–water partition coefficient (Wildman–Crippen LogP) is 5.59. The highest BCUT2D eigenvalue weighted by molar-refractivity contribution is 7.90. The van der Waals surface area contributed by atoms with Gasteiger partial charge in [-0.05, 0) is 75.2 Å². The Labute approximate surface area is 239 Å². The molecule has 3 aromatic rings. The lowest BCUT2D eigenvalue weighted by molar-refractivity contribution is -0.110. The number of benzene rings is 2. The monoisotopic (exact) mass is 586 g/mol. The van der Waals surface area contributed by atoms with Gasteiger partial charge in [0.1, 0.15) is 0 Å². The van der Waals surface area contributed by atoms with Crippen molar-refractivity contribution >= 4 is 56.3 Å². The summed E-state index contributed by atoms with van der Waals surface area (Å²) in [7, 11) is -3.78. The third-order valence-corrected chi connectivity index (χ3v) is 9.81. The van der Waals surface area contributed by atoms with Crippen molar-refractivity contribution in [1.29, 1.82) is 0 Å². The van der Waals surface area contributed by atoms with Crippen molar-refractivity contribution in [2.24, 2.45) is 0 Å². The highest BCUT2D eigenvalue weighted by Crippen LogP contribution is 2.37. The molecule has 3 heterocycles. The summed E-state index contributed by atoms with van der Waals surface area (Å²) in [6.07, 6.45) is 1.82.